The van der Waals surface area contributed by atoms with Crippen molar-refractivity contribution in [2.24, 2.45) is 0 Å². The zero-order valence-corrected chi connectivity index (χ0v) is 11.6. The van der Waals surface area contributed by atoms with Crippen LogP contribution in [0, 0.1) is 0 Å². The number of aliphatic hydroxyl groups excluding tert-OH is 1. The molecule has 0 atom stereocenters. The van der Waals surface area contributed by atoms with Crippen LogP contribution >= 0.6 is 0 Å². The van der Waals surface area contributed by atoms with E-state index in [1.807, 2.05) is 7.05 Å². The van der Waals surface area contributed by atoms with Crippen molar-refractivity contribution < 1.29 is 5.11 Å². The van der Waals surface area contributed by atoms with Gasteiger partial charge < -0.3 is 10.4 Å². The average molecular weight is 247 g/mol. The van der Waals surface area contributed by atoms with Crippen LogP contribution in [0.1, 0.15) is 43.7 Å². The minimum atomic E-state index is -0.0927. The lowest BCUT2D eigenvalue weighted by molar-refractivity contribution is 0.0952. The molecule has 0 aliphatic heterocycles. The molecule has 1 aliphatic carbocycles. The Kier molecular flexibility index (Phi) is 4.41. The lowest BCUT2D eigenvalue weighted by atomic mass is 9.68. The highest BCUT2D eigenvalue weighted by atomic mass is 16.3. The van der Waals surface area contributed by atoms with E-state index in [9.17, 15) is 5.11 Å². The van der Waals surface area contributed by atoms with Crippen molar-refractivity contribution in [3.8, 4) is 0 Å². The predicted octanol–water partition coefficient (Wildman–Crippen LogP) is 2.64. The van der Waals surface area contributed by atoms with Crippen LogP contribution in [-0.4, -0.2) is 24.8 Å². The molecule has 0 amide bonds. The number of likely N-dealkylation sites (N-methyl/N-ethyl adjacent to an activating group) is 1. The maximum absolute atomic E-state index is 9.72. The van der Waals surface area contributed by atoms with E-state index in [2.05, 4.69) is 36.5 Å². The highest BCUT2D eigenvalue weighted by Crippen LogP contribution is 2.39. The van der Waals surface area contributed by atoms with Gasteiger partial charge in [-0.05, 0) is 50.3 Å². The number of benzene rings is 1. The Bertz CT molecular complexity index is 363. The Balaban J connectivity index is 2.22. The lowest BCUT2D eigenvalue weighted by Gasteiger charge is -2.39. The normalized spacial score (nSPS) is 28.3. The predicted molar refractivity (Wildman–Crippen MR) is 75.9 cm³/mol. The number of hydrogen-bond donors (Lipinski definition) is 2. The van der Waals surface area contributed by atoms with Crippen molar-refractivity contribution in [3.05, 3.63) is 35.4 Å². The van der Waals surface area contributed by atoms with Gasteiger partial charge in [-0.3, -0.25) is 0 Å². The first kappa shape index (κ1) is 13.6. The van der Waals surface area contributed by atoms with E-state index >= 15 is 0 Å². The summed E-state index contributed by atoms with van der Waals surface area (Å²) in [5, 5.41) is 13.1. The quantitative estimate of drug-likeness (QED) is 0.857. The molecule has 0 radical (unpaired) electrons. The van der Waals surface area contributed by atoms with Crippen LogP contribution in [0.2, 0.25) is 0 Å². The standard InChI is InChI=1S/C16H25NO/c1-3-13-4-6-14(7-5-13)16(12-17-2)10-8-15(18)9-11-16/h4-7,15,17-18H,3,8-12H2,1-2H3. The SMILES string of the molecule is CCc1ccc(C2(CNC)CCC(O)CC2)cc1. The molecule has 2 N–H and O–H groups in total. The topological polar surface area (TPSA) is 32.3 Å². The maximum Gasteiger partial charge on any atom is 0.0541 e. The van der Waals surface area contributed by atoms with Gasteiger partial charge in [0.2, 0.25) is 0 Å². The molecule has 0 heterocycles. The Hall–Kier alpha value is -0.860. The number of aliphatic hydroxyl groups is 1. The van der Waals surface area contributed by atoms with Gasteiger partial charge in [0.05, 0.1) is 6.10 Å². The molecule has 0 bridgehead atoms. The fourth-order valence-electron chi connectivity index (χ4n) is 3.16. The van der Waals surface area contributed by atoms with E-state index < -0.39 is 0 Å². The van der Waals surface area contributed by atoms with Gasteiger partial charge in [-0.1, -0.05) is 31.2 Å². The van der Waals surface area contributed by atoms with E-state index in [0.717, 1.165) is 38.6 Å². The smallest absolute Gasteiger partial charge is 0.0541 e. The molecule has 2 rings (SSSR count). The Morgan fingerprint density at radius 1 is 1.22 bits per heavy atom. The Labute approximate surface area is 110 Å². The molecule has 0 saturated heterocycles. The van der Waals surface area contributed by atoms with Crippen LogP contribution in [0.25, 0.3) is 0 Å². The largest absolute Gasteiger partial charge is 0.393 e. The van der Waals surface area contributed by atoms with Crippen LogP contribution in [0.3, 0.4) is 0 Å². The monoisotopic (exact) mass is 247 g/mol. The van der Waals surface area contributed by atoms with Gasteiger partial charge in [-0.2, -0.15) is 0 Å². The first-order valence-corrected chi connectivity index (χ1v) is 7.12. The summed E-state index contributed by atoms with van der Waals surface area (Å²) in [6.07, 6.45) is 5.03. The molecule has 0 spiro atoms. The molecule has 1 aliphatic rings. The van der Waals surface area contributed by atoms with Crippen molar-refractivity contribution in [1.82, 2.24) is 5.32 Å². The van der Waals surface area contributed by atoms with Crippen LogP contribution in [-0.2, 0) is 11.8 Å². The molecule has 1 aromatic carbocycles. The fraction of sp³-hybridized carbons (Fsp3) is 0.625. The zero-order chi connectivity index (χ0) is 13.0. The van der Waals surface area contributed by atoms with Crippen molar-refractivity contribution in [3.63, 3.8) is 0 Å². The third-order valence-corrected chi connectivity index (χ3v) is 4.40. The van der Waals surface area contributed by atoms with Crippen molar-refractivity contribution in [2.45, 2.75) is 50.5 Å². The van der Waals surface area contributed by atoms with Gasteiger partial charge in [-0.15, -0.1) is 0 Å². The van der Waals surface area contributed by atoms with E-state index in [1.165, 1.54) is 11.1 Å². The molecule has 2 heteroatoms. The summed E-state index contributed by atoms with van der Waals surface area (Å²) in [7, 11) is 2.02. The molecule has 0 aromatic heterocycles. The van der Waals surface area contributed by atoms with E-state index in [1.54, 1.807) is 0 Å². The summed E-state index contributed by atoms with van der Waals surface area (Å²) in [6, 6.07) is 9.07. The van der Waals surface area contributed by atoms with Crippen LogP contribution in [0.4, 0.5) is 0 Å². The Morgan fingerprint density at radius 3 is 2.33 bits per heavy atom. The highest BCUT2D eigenvalue weighted by molar-refractivity contribution is 5.30. The van der Waals surface area contributed by atoms with Crippen LogP contribution in [0.5, 0.6) is 0 Å². The van der Waals surface area contributed by atoms with E-state index in [0.29, 0.717) is 0 Å². The third-order valence-electron chi connectivity index (χ3n) is 4.40. The van der Waals surface area contributed by atoms with Gasteiger partial charge in [0.1, 0.15) is 0 Å². The van der Waals surface area contributed by atoms with Crippen LogP contribution < -0.4 is 5.32 Å². The van der Waals surface area contributed by atoms with Crippen molar-refractivity contribution >= 4 is 0 Å². The number of rotatable bonds is 4. The number of hydrogen-bond acceptors (Lipinski definition) is 2. The van der Waals surface area contributed by atoms with E-state index in [-0.39, 0.29) is 11.5 Å². The number of nitrogens with one attached hydrogen (secondary N) is 1. The van der Waals surface area contributed by atoms with Gasteiger partial charge in [0, 0.05) is 12.0 Å². The second-order valence-electron chi connectivity index (χ2n) is 5.59. The molecular formula is C16H25NO. The summed E-state index contributed by atoms with van der Waals surface area (Å²) >= 11 is 0. The molecule has 18 heavy (non-hydrogen) atoms. The average Bonchev–Trinajstić information content (AvgIpc) is 2.42. The maximum atomic E-state index is 9.72. The molecule has 100 valence electrons. The summed E-state index contributed by atoms with van der Waals surface area (Å²) in [4.78, 5) is 0. The van der Waals surface area contributed by atoms with E-state index in [4.69, 9.17) is 0 Å². The van der Waals surface area contributed by atoms with Crippen LogP contribution in [0.15, 0.2) is 24.3 Å². The zero-order valence-electron chi connectivity index (χ0n) is 11.6. The molecule has 0 unspecified atom stereocenters. The first-order chi connectivity index (χ1) is 8.70. The first-order valence-electron chi connectivity index (χ1n) is 7.12. The second-order valence-corrected chi connectivity index (χ2v) is 5.59. The van der Waals surface area contributed by atoms with Crippen molar-refractivity contribution in [1.29, 1.82) is 0 Å². The summed E-state index contributed by atoms with van der Waals surface area (Å²) in [5.41, 5.74) is 3.05. The summed E-state index contributed by atoms with van der Waals surface area (Å²) in [5.74, 6) is 0. The second kappa shape index (κ2) is 5.85. The van der Waals surface area contributed by atoms with Gasteiger partial charge in [-0.25, -0.2) is 0 Å². The fourth-order valence-corrected chi connectivity index (χ4v) is 3.16. The lowest BCUT2D eigenvalue weighted by Crippen LogP contribution is -2.41. The molecule has 1 aromatic rings. The van der Waals surface area contributed by atoms with Gasteiger partial charge >= 0.3 is 0 Å². The molecule has 1 saturated carbocycles. The number of aryl methyl sites for hydroxylation is 1. The van der Waals surface area contributed by atoms with Crippen molar-refractivity contribution in [2.75, 3.05) is 13.6 Å². The highest BCUT2D eigenvalue weighted by Gasteiger charge is 2.35. The summed E-state index contributed by atoms with van der Waals surface area (Å²) < 4.78 is 0. The molecule has 1 fully saturated rings. The molecular weight excluding hydrogens is 222 g/mol. The minimum absolute atomic E-state index is 0.0927. The summed E-state index contributed by atoms with van der Waals surface area (Å²) in [6.45, 7) is 3.19. The van der Waals surface area contributed by atoms with Gasteiger partial charge in [0.15, 0.2) is 0 Å². The third kappa shape index (κ3) is 2.76. The Morgan fingerprint density at radius 2 is 1.83 bits per heavy atom. The van der Waals surface area contributed by atoms with Gasteiger partial charge in [0.25, 0.3) is 0 Å². The molecule has 2 nitrogen and oxygen atoms in total. The minimum Gasteiger partial charge on any atom is -0.393 e.